The highest BCUT2D eigenvalue weighted by atomic mass is 32.1. The zero-order chi connectivity index (χ0) is 33.0. The lowest BCUT2D eigenvalue weighted by molar-refractivity contribution is -0.160. The van der Waals surface area contributed by atoms with Gasteiger partial charge in [-0.3, -0.25) is 28.9 Å². The summed E-state index contributed by atoms with van der Waals surface area (Å²) in [6.45, 7) is 11.4. The van der Waals surface area contributed by atoms with Crippen molar-refractivity contribution in [1.82, 2.24) is 25.4 Å². The van der Waals surface area contributed by atoms with E-state index in [-0.39, 0.29) is 60.9 Å². The lowest BCUT2D eigenvalue weighted by Gasteiger charge is -2.39. The van der Waals surface area contributed by atoms with Crippen LogP contribution in [0.3, 0.4) is 0 Å². The molecule has 12 nitrogen and oxygen atoms in total. The van der Waals surface area contributed by atoms with Crippen LogP contribution in [-0.4, -0.2) is 89.9 Å². The van der Waals surface area contributed by atoms with E-state index >= 15 is 0 Å². The van der Waals surface area contributed by atoms with Crippen molar-refractivity contribution >= 4 is 41.0 Å². The highest BCUT2D eigenvalue weighted by molar-refractivity contribution is 7.09. The maximum Gasteiger partial charge on any atom is 0.307 e. The molecule has 13 heteroatoms. The number of aromatic nitrogens is 1. The number of likely N-dealkylation sites (tertiary alicyclic amines) is 1. The third-order valence-electron chi connectivity index (χ3n) is 8.14. The molecule has 5 atom stereocenters. The van der Waals surface area contributed by atoms with Crippen molar-refractivity contribution in [2.45, 2.75) is 111 Å². The predicted molar refractivity (Wildman–Crippen MR) is 168 cm³/mol. The number of amides is 3. The molecule has 0 bridgehead atoms. The van der Waals surface area contributed by atoms with Gasteiger partial charge in [0.05, 0.1) is 6.04 Å². The van der Waals surface area contributed by atoms with E-state index < -0.39 is 30.1 Å². The molecular weight excluding hydrogens is 586 g/mol. The first-order chi connectivity index (χ1) is 20.8. The molecule has 1 aliphatic rings. The van der Waals surface area contributed by atoms with Crippen LogP contribution in [0.25, 0.3) is 0 Å². The second-order valence-corrected chi connectivity index (χ2v) is 12.8. The number of hydrogen-bond acceptors (Lipinski definition) is 10. The maximum atomic E-state index is 14.5. The lowest BCUT2D eigenvalue weighted by atomic mass is 9.92. The number of likely N-dealkylation sites (N-methyl/N-ethyl adjacent to an activating group) is 1. The van der Waals surface area contributed by atoms with Crippen LogP contribution in [0.15, 0.2) is 5.38 Å². The second kappa shape index (κ2) is 18.0. The number of nitrogens with one attached hydrogen (secondary N) is 2. The van der Waals surface area contributed by atoms with Crippen LogP contribution in [0, 0.1) is 11.8 Å². The Morgan fingerprint density at radius 1 is 1.16 bits per heavy atom. The van der Waals surface area contributed by atoms with E-state index in [0.29, 0.717) is 24.3 Å². The molecule has 1 fully saturated rings. The maximum absolute atomic E-state index is 14.5. The molecular formula is C31H51N5O7S. The fraction of sp³-hybridized carbons (Fsp3) is 0.742. The van der Waals surface area contributed by atoms with Gasteiger partial charge in [0.15, 0.2) is 12.8 Å². The van der Waals surface area contributed by atoms with Gasteiger partial charge in [-0.25, -0.2) is 4.98 Å². The molecule has 0 radical (unpaired) electrons. The van der Waals surface area contributed by atoms with E-state index in [4.69, 9.17) is 9.47 Å². The number of nitrogens with zero attached hydrogens (tertiary/aromatic N) is 3. The van der Waals surface area contributed by atoms with Gasteiger partial charge in [0.1, 0.15) is 16.7 Å². The third-order valence-corrected chi connectivity index (χ3v) is 9.08. The van der Waals surface area contributed by atoms with Gasteiger partial charge in [-0.1, -0.05) is 47.5 Å². The van der Waals surface area contributed by atoms with Crippen molar-refractivity contribution in [3.8, 4) is 0 Å². The molecule has 44 heavy (non-hydrogen) atoms. The molecule has 2 rings (SSSR count). The molecule has 3 amide bonds. The first-order valence-corrected chi connectivity index (χ1v) is 16.5. The minimum absolute atomic E-state index is 0.140. The van der Waals surface area contributed by atoms with Crippen LogP contribution in [0.2, 0.25) is 0 Å². The summed E-state index contributed by atoms with van der Waals surface area (Å²) in [5.74, 6) is -2.29. The van der Waals surface area contributed by atoms with E-state index in [0.717, 1.165) is 19.4 Å². The molecule has 2 heterocycles. The monoisotopic (exact) mass is 637 g/mol. The van der Waals surface area contributed by atoms with E-state index in [1.807, 2.05) is 46.6 Å². The quantitative estimate of drug-likeness (QED) is 0.205. The Morgan fingerprint density at radius 3 is 2.43 bits per heavy atom. The highest BCUT2D eigenvalue weighted by Crippen LogP contribution is 2.31. The first-order valence-electron chi connectivity index (χ1n) is 15.7. The van der Waals surface area contributed by atoms with Crippen LogP contribution < -0.4 is 10.6 Å². The minimum atomic E-state index is -0.863. The third kappa shape index (κ3) is 10.5. The molecule has 1 aromatic heterocycles. The average Bonchev–Trinajstić information content (AvgIpc) is 3.48. The summed E-state index contributed by atoms with van der Waals surface area (Å²) in [5, 5.41) is 7.57. The molecule has 0 saturated carbocycles. The smallest absolute Gasteiger partial charge is 0.307 e. The Hall–Kier alpha value is -3.06. The normalized spacial score (nSPS) is 18.1. The summed E-state index contributed by atoms with van der Waals surface area (Å²) in [6.07, 6.45) is 3.37. The van der Waals surface area contributed by atoms with Crippen molar-refractivity contribution in [3.05, 3.63) is 16.1 Å². The Bertz CT molecular complexity index is 1130. The summed E-state index contributed by atoms with van der Waals surface area (Å²) in [7, 11) is 3.42. The molecule has 0 spiro atoms. The second-order valence-electron chi connectivity index (χ2n) is 11.9. The Labute approximate surface area is 265 Å². The molecule has 0 aliphatic carbocycles. The summed E-state index contributed by atoms with van der Waals surface area (Å²) < 4.78 is 11.3. The topological polar surface area (TPSA) is 147 Å². The number of carbonyl (C=O) groups is 5. The van der Waals surface area contributed by atoms with Crippen molar-refractivity contribution < 1.29 is 33.4 Å². The highest BCUT2D eigenvalue weighted by Gasteiger charge is 2.39. The number of piperidine rings is 1. The summed E-state index contributed by atoms with van der Waals surface area (Å²) in [6, 6.07) is -1.76. The van der Waals surface area contributed by atoms with Crippen LogP contribution in [-0.2, 0) is 28.7 Å². The number of esters is 2. The molecule has 1 aliphatic heterocycles. The molecule has 1 unspecified atom stereocenters. The van der Waals surface area contributed by atoms with E-state index in [9.17, 15) is 24.0 Å². The fourth-order valence-electron chi connectivity index (χ4n) is 5.30. The number of hydrogen-bond donors (Lipinski definition) is 2. The number of thiazole rings is 1. The van der Waals surface area contributed by atoms with Crippen molar-refractivity contribution in [1.29, 1.82) is 0 Å². The minimum Gasteiger partial charge on any atom is -0.455 e. The Morgan fingerprint density at radius 2 is 1.86 bits per heavy atom. The molecule has 1 saturated heterocycles. The lowest BCUT2D eigenvalue weighted by Crippen LogP contribution is -2.59. The summed E-state index contributed by atoms with van der Waals surface area (Å²) >= 11 is 1.18. The summed E-state index contributed by atoms with van der Waals surface area (Å²) in [4.78, 5) is 72.7. The standard InChI is InChI=1S/C31H51N5O7S/c1-9-13-26(38)42-18-36(31(41)27(20(5)10-2)34-29(40)23-14-11-12-15-35(23)8)24(19(3)4)16-25(43-21(6)37)30-33-22(17-44-30)28(39)32-7/h17,19-20,23-25,27H,9-16,18H2,1-8H3,(H,32,39)(H,34,40)/t20?,23-,24-,25-,27+/m1/s1. The SMILES string of the molecule is CCCC(=O)OCN(C(=O)[C@@H](NC(=O)[C@H]1CCCCN1C)C(C)CC)[C@H](C[C@@H](OC(C)=O)c1nc(C(=O)NC)cs1)C(C)C. The zero-order valence-corrected chi connectivity index (χ0v) is 28.3. The van der Waals surface area contributed by atoms with E-state index in [1.165, 1.54) is 30.2 Å². The van der Waals surface area contributed by atoms with Crippen LogP contribution >= 0.6 is 11.3 Å². The van der Waals surface area contributed by atoms with Gasteiger partial charge < -0.3 is 25.0 Å². The van der Waals surface area contributed by atoms with Gasteiger partial charge in [-0.05, 0) is 44.7 Å². The number of rotatable bonds is 16. The van der Waals surface area contributed by atoms with Crippen molar-refractivity contribution in [2.24, 2.45) is 11.8 Å². The van der Waals surface area contributed by atoms with Gasteiger partial charge in [0.2, 0.25) is 11.8 Å². The summed E-state index contributed by atoms with van der Waals surface area (Å²) in [5.41, 5.74) is 0.194. The van der Waals surface area contributed by atoms with Crippen LogP contribution in [0.1, 0.15) is 108 Å². The zero-order valence-electron chi connectivity index (χ0n) is 27.5. The number of ether oxygens (including phenoxy) is 2. The average molecular weight is 638 g/mol. The van der Waals surface area contributed by atoms with Crippen molar-refractivity contribution in [3.63, 3.8) is 0 Å². The van der Waals surface area contributed by atoms with Gasteiger partial charge in [-0.15, -0.1) is 11.3 Å². The molecule has 2 N–H and O–H groups in total. The van der Waals surface area contributed by atoms with Gasteiger partial charge in [-0.2, -0.15) is 0 Å². The van der Waals surface area contributed by atoms with E-state index in [2.05, 4.69) is 15.6 Å². The Kier molecular flexibility index (Phi) is 15.2. The molecule has 248 valence electrons. The molecule has 1 aromatic rings. The molecule has 0 aromatic carbocycles. The fourth-order valence-corrected chi connectivity index (χ4v) is 6.14. The van der Waals surface area contributed by atoms with Gasteiger partial charge >= 0.3 is 11.9 Å². The Balaban J connectivity index is 2.49. The first kappa shape index (κ1) is 37.1. The van der Waals surface area contributed by atoms with E-state index in [1.54, 1.807) is 5.38 Å². The largest absolute Gasteiger partial charge is 0.455 e. The van der Waals surface area contributed by atoms with Crippen LogP contribution in [0.5, 0.6) is 0 Å². The van der Waals surface area contributed by atoms with Crippen LogP contribution in [0.4, 0.5) is 0 Å². The van der Waals surface area contributed by atoms with Gasteiger partial charge in [0.25, 0.3) is 5.91 Å². The van der Waals surface area contributed by atoms with Gasteiger partial charge in [0, 0.05) is 38.2 Å². The number of carbonyl (C=O) groups excluding carboxylic acids is 5. The predicted octanol–water partition coefficient (Wildman–Crippen LogP) is 3.67. The van der Waals surface area contributed by atoms with Crippen molar-refractivity contribution in [2.75, 3.05) is 27.4 Å².